The number of hydrogen-bond donors (Lipinski definition) is 2. The van der Waals surface area contributed by atoms with Crippen LogP contribution in [0.2, 0.25) is 0 Å². The molecule has 0 fully saturated rings. The number of anilines is 1. The van der Waals surface area contributed by atoms with Gasteiger partial charge in [-0.15, -0.1) is 0 Å². The largest absolute Gasteiger partial charge is 0.476 e. The predicted molar refractivity (Wildman–Crippen MR) is 63.3 cm³/mol. The van der Waals surface area contributed by atoms with Gasteiger partial charge >= 0.3 is 5.97 Å². The third-order valence-corrected chi connectivity index (χ3v) is 2.30. The number of rotatable bonds is 3. The highest BCUT2D eigenvalue weighted by molar-refractivity contribution is 6.08. The first-order chi connectivity index (χ1) is 9.49. The van der Waals surface area contributed by atoms with Gasteiger partial charge in [0.05, 0.1) is 5.69 Å². The third-order valence-electron chi connectivity index (χ3n) is 2.30. The molecule has 1 amide bonds. The molecule has 0 atom stereocenters. The first-order valence-corrected chi connectivity index (χ1v) is 5.29. The van der Waals surface area contributed by atoms with Crippen molar-refractivity contribution < 1.29 is 23.5 Å². The van der Waals surface area contributed by atoms with Crippen LogP contribution in [0.15, 0.2) is 30.6 Å². The second-order valence-corrected chi connectivity index (χ2v) is 3.64. The van der Waals surface area contributed by atoms with E-state index in [1.807, 2.05) is 0 Å². The van der Waals surface area contributed by atoms with Crippen LogP contribution in [0.25, 0.3) is 0 Å². The summed E-state index contributed by atoms with van der Waals surface area (Å²) in [5.74, 6) is -4.19. The number of nitrogens with zero attached hydrogens (tertiary/aromatic N) is 2. The Labute approximate surface area is 111 Å². The highest BCUT2D eigenvalue weighted by Gasteiger charge is 2.20. The molecule has 0 radical (unpaired) electrons. The van der Waals surface area contributed by atoms with E-state index >= 15 is 0 Å². The molecule has 20 heavy (non-hydrogen) atoms. The van der Waals surface area contributed by atoms with Gasteiger partial charge in [-0.05, 0) is 12.1 Å². The van der Waals surface area contributed by atoms with Crippen LogP contribution in [-0.2, 0) is 0 Å². The quantitative estimate of drug-likeness (QED) is 0.892. The van der Waals surface area contributed by atoms with Crippen LogP contribution in [0, 0.1) is 11.6 Å². The van der Waals surface area contributed by atoms with E-state index in [4.69, 9.17) is 5.11 Å². The van der Waals surface area contributed by atoms with Crippen molar-refractivity contribution in [3.8, 4) is 0 Å². The van der Waals surface area contributed by atoms with Crippen molar-refractivity contribution in [1.82, 2.24) is 9.97 Å². The van der Waals surface area contributed by atoms with E-state index in [0.717, 1.165) is 24.5 Å². The number of halogens is 2. The minimum atomic E-state index is -1.44. The van der Waals surface area contributed by atoms with Crippen molar-refractivity contribution in [1.29, 1.82) is 0 Å². The molecule has 8 heteroatoms. The number of hydrogen-bond acceptors (Lipinski definition) is 4. The number of nitrogens with one attached hydrogen (secondary N) is 1. The fourth-order valence-corrected chi connectivity index (χ4v) is 1.43. The van der Waals surface area contributed by atoms with Crippen LogP contribution in [0.1, 0.15) is 21.0 Å². The van der Waals surface area contributed by atoms with E-state index in [2.05, 4.69) is 15.3 Å². The van der Waals surface area contributed by atoms with Gasteiger partial charge in [0, 0.05) is 18.5 Å². The minimum Gasteiger partial charge on any atom is -0.476 e. The molecule has 1 aromatic carbocycles. The Morgan fingerprint density at radius 3 is 2.35 bits per heavy atom. The van der Waals surface area contributed by atoms with Crippen LogP contribution >= 0.6 is 0 Å². The van der Waals surface area contributed by atoms with Gasteiger partial charge in [0.15, 0.2) is 11.4 Å². The molecule has 0 saturated heterocycles. The summed E-state index contributed by atoms with van der Waals surface area (Å²) in [6, 6.07) is 2.55. The highest BCUT2D eigenvalue weighted by atomic mass is 19.1. The molecule has 2 aromatic rings. The van der Waals surface area contributed by atoms with Crippen molar-refractivity contribution in [3.63, 3.8) is 0 Å². The van der Waals surface area contributed by atoms with Gasteiger partial charge in [-0.3, -0.25) is 4.79 Å². The summed E-state index contributed by atoms with van der Waals surface area (Å²) in [6.45, 7) is 0. The van der Waals surface area contributed by atoms with E-state index in [-0.39, 0.29) is 5.69 Å². The molecule has 2 rings (SSSR count). The fraction of sp³-hybridized carbons (Fsp3) is 0. The third kappa shape index (κ3) is 2.74. The zero-order chi connectivity index (χ0) is 14.7. The van der Waals surface area contributed by atoms with Gasteiger partial charge in [0.1, 0.15) is 11.6 Å². The Balaban J connectivity index is 2.31. The summed E-state index contributed by atoms with van der Waals surface area (Å²) in [4.78, 5) is 29.8. The summed E-state index contributed by atoms with van der Waals surface area (Å²) < 4.78 is 26.1. The normalized spacial score (nSPS) is 10.1. The lowest BCUT2D eigenvalue weighted by Gasteiger charge is -2.07. The van der Waals surface area contributed by atoms with Gasteiger partial charge in [0.2, 0.25) is 0 Å². The average Bonchev–Trinajstić information content (AvgIpc) is 2.41. The standard InChI is InChI=1S/C12H7F2N3O3/c13-6-1-2-8(7(14)5-6)17-11(18)9-10(12(19)20)16-4-3-15-9/h1-5H,(H,17,18)(H,19,20). The van der Waals surface area contributed by atoms with Gasteiger partial charge in [-0.1, -0.05) is 0 Å². The maximum absolute atomic E-state index is 13.4. The minimum absolute atomic E-state index is 0.293. The summed E-state index contributed by atoms with van der Waals surface area (Å²) in [7, 11) is 0. The van der Waals surface area contributed by atoms with Crippen molar-refractivity contribution in [3.05, 3.63) is 53.6 Å². The average molecular weight is 279 g/mol. The number of carboxylic acid groups (broad SMARTS) is 1. The Morgan fingerprint density at radius 1 is 1.10 bits per heavy atom. The van der Waals surface area contributed by atoms with E-state index in [0.29, 0.717) is 6.07 Å². The molecule has 0 bridgehead atoms. The predicted octanol–water partition coefficient (Wildman–Crippen LogP) is 1.71. The zero-order valence-electron chi connectivity index (χ0n) is 9.80. The van der Waals surface area contributed by atoms with Crippen LogP contribution in [0.4, 0.5) is 14.5 Å². The second-order valence-electron chi connectivity index (χ2n) is 3.64. The topological polar surface area (TPSA) is 92.2 Å². The smallest absolute Gasteiger partial charge is 0.356 e. The summed E-state index contributed by atoms with van der Waals surface area (Å²) in [5, 5.41) is 11.0. The van der Waals surface area contributed by atoms with Gasteiger partial charge in [-0.25, -0.2) is 23.5 Å². The summed E-state index contributed by atoms with van der Waals surface area (Å²) in [5.41, 5.74) is -1.32. The molecule has 2 N–H and O–H groups in total. The molecule has 0 saturated carbocycles. The Kier molecular flexibility index (Phi) is 3.65. The van der Waals surface area contributed by atoms with E-state index < -0.39 is 34.9 Å². The highest BCUT2D eigenvalue weighted by Crippen LogP contribution is 2.16. The molecule has 1 heterocycles. The van der Waals surface area contributed by atoms with Crippen LogP contribution in [0.5, 0.6) is 0 Å². The van der Waals surface area contributed by atoms with Crippen molar-refractivity contribution >= 4 is 17.6 Å². The number of carbonyl (C=O) groups excluding carboxylic acids is 1. The number of aromatic carboxylic acids is 1. The van der Waals surface area contributed by atoms with E-state index in [9.17, 15) is 18.4 Å². The molecule has 0 aliphatic rings. The SMILES string of the molecule is O=C(O)c1nccnc1C(=O)Nc1ccc(F)cc1F. The van der Waals surface area contributed by atoms with Crippen molar-refractivity contribution in [2.75, 3.05) is 5.32 Å². The van der Waals surface area contributed by atoms with Crippen LogP contribution in [0.3, 0.4) is 0 Å². The van der Waals surface area contributed by atoms with Gasteiger partial charge < -0.3 is 10.4 Å². The maximum atomic E-state index is 13.4. The first-order valence-electron chi connectivity index (χ1n) is 5.29. The molecular formula is C12H7F2N3O3. The van der Waals surface area contributed by atoms with E-state index in [1.165, 1.54) is 0 Å². The lowest BCUT2D eigenvalue weighted by atomic mass is 10.2. The number of amides is 1. The first kappa shape index (κ1) is 13.5. The van der Waals surface area contributed by atoms with E-state index in [1.54, 1.807) is 0 Å². The van der Waals surface area contributed by atoms with Gasteiger partial charge in [0.25, 0.3) is 5.91 Å². The summed E-state index contributed by atoms with van der Waals surface area (Å²) in [6.07, 6.45) is 2.24. The zero-order valence-corrected chi connectivity index (χ0v) is 9.80. The molecule has 0 aliphatic carbocycles. The number of benzene rings is 1. The monoisotopic (exact) mass is 279 g/mol. The lowest BCUT2D eigenvalue weighted by Crippen LogP contribution is -2.20. The Hall–Kier alpha value is -2.90. The van der Waals surface area contributed by atoms with Gasteiger partial charge in [-0.2, -0.15) is 0 Å². The number of aromatic nitrogens is 2. The lowest BCUT2D eigenvalue weighted by molar-refractivity contribution is 0.0685. The van der Waals surface area contributed by atoms with Crippen molar-refractivity contribution in [2.24, 2.45) is 0 Å². The second kappa shape index (κ2) is 5.39. The molecule has 102 valence electrons. The fourth-order valence-electron chi connectivity index (χ4n) is 1.43. The Bertz CT molecular complexity index is 691. The number of carboxylic acids is 1. The van der Waals surface area contributed by atoms with Crippen molar-refractivity contribution in [2.45, 2.75) is 0 Å². The number of carbonyl (C=O) groups is 2. The molecule has 0 unspecified atom stereocenters. The molecule has 0 aliphatic heterocycles. The van der Waals surface area contributed by atoms with Crippen LogP contribution in [-0.4, -0.2) is 27.0 Å². The summed E-state index contributed by atoms with van der Waals surface area (Å²) >= 11 is 0. The molecule has 0 spiro atoms. The molecular weight excluding hydrogens is 272 g/mol. The molecule has 6 nitrogen and oxygen atoms in total. The maximum Gasteiger partial charge on any atom is 0.356 e. The Morgan fingerprint density at radius 2 is 1.75 bits per heavy atom. The van der Waals surface area contributed by atoms with Crippen LogP contribution < -0.4 is 5.32 Å². The molecule has 1 aromatic heterocycles.